The molecule has 0 aliphatic rings. The maximum Gasteiger partial charge on any atom is 0.339 e. The summed E-state index contributed by atoms with van der Waals surface area (Å²) in [7, 11) is 1.40. The average molecular weight is 314 g/mol. The third kappa shape index (κ3) is 2.14. The average Bonchev–Trinajstić information content (AvgIpc) is 2.45. The van der Waals surface area contributed by atoms with Gasteiger partial charge in [-0.15, -0.1) is 23.1 Å². The van der Waals surface area contributed by atoms with E-state index in [1.165, 1.54) is 7.11 Å². The molecule has 66 valence electrons. The van der Waals surface area contributed by atoms with Crippen molar-refractivity contribution in [3.8, 4) is 0 Å². The van der Waals surface area contributed by atoms with Crippen LogP contribution in [0, 0.1) is 2.88 Å². The number of thioether (sulfide) groups is 1. The van der Waals surface area contributed by atoms with Crippen molar-refractivity contribution in [2.45, 2.75) is 4.21 Å². The third-order valence-electron chi connectivity index (χ3n) is 1.26. The monoisotopic (exact) mass is 314 g/mol. The van der Waals surface area contributed by atoms with Crippen molar-refractivity contribution in [3.63, 3.8) is 0 Å². The Morgan fingerprint density at radius 1 is 1.75 bits per heavy atom. The van der Waals surface area contributed by atoms with Gasteiger partial charge in [-0.25, -0.2) is 4.79 Å². The first kappa shape index (κ1) is 10.3. The van der Waals surface area contributed by atoms with E-state index < -0.39 is 0 Å². The minimum absolute atomic E-state index is 0.251. The molecule has 0 aliphatic carbocycles. The summed E-state index contributed by atoms with van der Waals surface area (Å²) < 4.78 is 6.77. The number of carbonyl (C=O) groups is 1. The Kier molecular flexibility index (Phi) is 3.85. The van der Waals surface area contributed by atoms with Crippen LogP contribution in [0.1, 0.15) is 10.4 Å². The highest BCUT2D eigenvalue weighted by molar-refractivity contribution is 14.1. The lowest BCUT2D eigenvalue weighted by Crippen LogP contribution is -1.99. The zero-order valence-corrected chi connectivity index (χ0v) is 10.4. The number of carbonyl (C=O) groups excluding carboxylic acids is 1. The normalized spacial score (nSPS) is 9.92. The number of halogens is 1. The molecule has 1 aromatic heterocycles. The van der Waals surface area contributed by atoms with Gasteiger partial charge in [0.1, 0.15) is 0 Å². The molecule has 0 amide bonds. The summed E-state index contributed by atoms with van der Waals surface area (Å²) >= 11 is 5.38. The van der Waals surface area contributed by atoms with Gasteiger partial charge in [-0.1, -0.05) is 0 Å². The molecule has 0 radical (unpaired) electrons. The summed E-state index contributed by atoms with van der Waals surface area (Å²) in [5, 5.41) is 0. The summed E-state index contributed by atoms with van der Waals surface area (Å²) in [5.74, 6) is -0.251. The highest BCUT2D eigenvalue weighted by Gasteiger charge is 2.14. The molecule has 0 aliphatic heterocycles. The van der Waals surface area contributed by atoms with Gasteiger partial charge in [-0.05, 0) is 34.9 Å². The van der Waals surface area contributed by atoms with Gasteiger partial charge in [-0.2, -0.15) is 0 Å². The summed E-state index contributed by atoms with van der Waals surface area (Å²) in [6.45, 7) is 0. The van der Waals surface area contributed by atoms with Crippen molar-refractivity contribution in [1.82, 2.24) is 0 Å². The molecule has 1 heterocycles. The second kappa shape index (κ2) is 4.48. The quantitative estimate of drug-likeness (QED) is 0.477. The molecule has 0 spiro atoms. The topological polar surface area (TPSA) is 26.3 Å². The van der Waals surface area contributed by atoms with Crippen LogP contribution < -0.4 is 0 Å². The molecule has 5 heteroatoms. The van der Waals surface area contributed by atoms with E-state index in [0.29, 0.717) is 5.56 Å². The fourth-order valence-electron chi connectivity index (χ4n) is 0.749. The molecule has 2 nitrogen and oxygen atoms in total. The summed E-state index contributed by atoms with van der Waals surface area (Å²) in [6, 6.07) is 1.85. The smallest absolute Gasteiger partial charge is 0.339 e. The Morgan fingerprint density at radius 3 is 2.92 bits per heavy atom. The fraction of sp³-hybridized carbons (Fsp3) is 0.286. The fourth-order valence-corrected chi connectivity index (χ4v) is 3.74. The van der Waals surface area contributed by atoms with Gasteiger partial charge in [0.15, 0.2) is 0 Å². The SMILES string of the molecule is COC(=O)c1cc(I)sc1SC. The minimum atomic E-state index is -0.251. The van der Waals surface area contributed by atoms with Crippen molar-refractivity contribution in [3.05, 3.63) is 14.5 Å². The van der Waals surface area contributed by atoms with Crippen LogP contribution in [-0.4, -0.2) is 19.3 Å². The molecule has 0 saturated heterocycles. The molecule has 0 fully saturated rings. The van der Waals surface area contributed by atoms with Crippen molar-refractivity contribution in [2.24, 2.45) is 0 Å². The standard InChI is InChI=1S/C7H7IO2S2/c1-10-6(9)4-3-5(8)12-7(4)11-2/h3H,1-2H3. The van der Waals surface area contributed by atoms with Crippen LogP contribution in [0.3, 0.4) is 0 Å². The van der Waals surface area contributed by atoms with Gasteiger partial charge >= 0.3 is 5.97 Å². The van der Waals surface area contributed by atoms with E-state index in [1.807, 2.05) is 12.3 Å². The molecule has 0 atom stereocenters. The molecule has 0 saturated carbocycles. The molecule has 12 heavy (non-hydrogen) atoms. The molecular formula is C7H7IO2S2. The van der Waals surface area contributed by atoms with Gasteiger partial charge in [0.25, 0.3) is 0 Å². The lowest BCUT2D eigenvalue weighted by molar-refractivity contribution is 0.0598. The van der Waals surface area contributed by atoms with Crippen molar-refractivity contribution < 1.29 is 9.53 Å². The summed E-state index contributed by atoms with van der Waals surface area (Å²) in [6.07, 6.45) is 1.95. The van der Waals surface area contributed by atoms with Crippen LogP contribution in [0.5, 0.6) is 0 Å². The lowest BCUT2D eigenvalue weighted by atomic mass is 10.3. The highest BCUT2D eigenvalue weighted by atomic mass is 127. The predicted octanol–water partition coefficient (Wildman–Crippen LogP) is 2.86. The number of rotatable bonds is 2. The minimum Gasteiger partial charge on any atom is -0.465 e. The molecule has 0 bridgehead atoms. The van der Waals surface area contributed by atoms with Gasteiger partial charge in [0.05, 0.1) is 19.8 Å². The van der Waals surface area contributed by atoms with E-state index in [0.717, 1.165) is 7.09 Å². The van der Waals surface area contributed by atoms with Crippen LogP contribution in [0.25, 0.3) is 0 Å². The van der Waals surface area contributed by atoms with E-state index in [1.54, 1.807) is 23.1 Å². The third-order valence-corrected chi connectivity index (χ3v) is 4.29. The lowest BCUT2D eigenvalue weighted by Gasteiger charge is -1.96. The number of hydrogen-bond acceptors (Lipinski definition) is 4. The first-order chi connectivity index (χ1) is 5.69. The summed E-state index contributed by atoms with van der Waals surface area (Å²) in [4.78, 5) is 11.2. The van der Waals surface area contributed by atoms with Crippen LogP contribution >= 0.6 is 45.7 Å². The van der Waals surface area contributed by atoms with Gasteiger partial charge in [-0.3, -0.25) is 0 Å². The number of hydrogen-bond donors (Lipinski definition) is 0. The second-order valence-electron chi connectivity index (χ2n) is 1.95. The van der Waals surface area contributed by atoms with E-state index in [2.05, 4.69) is 27.3 Å². The largest absolute Gasteiger partial charge is 0.465 e. The van der Waals surface area contributed by atoms with Crippen molar-refractivity contribution in [1.29, 1.82) is 0 Å². The van der Waals surface area contributed by atoms with E-state index >= 15 is 0 Å². The Bertz CT molecular complexity index is 296. The first-order valence-corrected chi connectivity index (χ1v) is 6.22. The molecule has 1 rings (SSSR count). The Labute approximate surface area is 92.8 Å². The number of esters is 1. The maximum absolute atomic E-state index is 11.2. The Balaban J connectivity index is 3.04. The predicted molar refractivity (Wildman–Crippen MR) is 60.2 cm³/mol. The van der Waals surface area contributed by atoms with Gasteiger partial charge in [0.2, 0.25) is 0 Å². The Hall–Kier alpha value is 0.250. The van der Waals surface area contributed by atoms with Crippen LogP contribution in [0.2, 0.25) is 0 Å². The number of methoxy groups -OCH3 is 1. The van der Waals surface area contributed by atoms with Crippen molar-refractivity contribution >= 4 is 51.7 Å². The second-order valence-corrected chi connectivity index (χ2v) is 5.97. The summed E-state index contributed by atoms with van der Waals surface area (Å²) in [5.41, 5.74) is 0.680. The zero-order chi connectivity index (χ0) is 9.14. The highest BCUT2D eigenvalue weighted by Crippen LogP contribution is 2.31. The molecule has 0 N–H and O–H groups in total. The molecular weight excluding hydrogens is 307 g/mol. The first-order valence-electron chi connectivity index (χ1n) is 3.10. The Morgan fingerprint density at radius 2 is 2.42 bits per heavy atom. The number of ether oxygens (including phenoxy) is 1. The van der Waals surface area contributed by atoms with E-state index in [-0.39, 0.29) is 5.97 Å². The van der Waals surface area contributed by atoms with Crippen molar-refractivity contribution in [2.75, 3.05) is 13.4 Å². The molecule has 0 unspecified atom stereocenters. The molecule has 1 aromatic rings. The van der Waals surface area contributed by atoms with Crippen LogP contribution in [0.15, 0.2) is 10.3 Å². The number of thiophene rings is 1. The van der Waals surface area contributed by atoms with Gasteiger partial charge in [0, 0.05) is 0 Å². The van der Waals surface area contributed by atoms with Crippen LogP contribution in [-0.2, 0) is 4.74 Å². The maximum atomic E-state index is 11.2. The molecule has 0 aromatic carbocycles. The van der Waals surface area contributed by atoms with Crippen LogP contribution in [0.4, 0.5) is 0 Å². The van der Waals surface area contributed by atoms with E-state index in [9.17, 15) is 4.79 Å². The van der Waals surface area contributed by atoms with E-state index in [4.69, 9.17) is 0 Å². The van der Waals surface area contributed by atoms with Gasteiger partial charge < -0.3 is 4.74 Å². The zero-order valence-electron chi connectivity index (χ0n) is 6.59.